The predicted molar refractivity (Wildman–Crippen MR) is 101 cm³/mol. The molecule has 2 amide bonds. The number of nitrogens with zero attached hydrogens (tertiary/aromatic N) is 2. The minimum absolute atomic E-state index is 0.190. The van der Waals surface area contributed by atoms with Gasteiger partial charge in [0.2, 0.25) is 5.91 Å². The van der Waals surface area contributed by atoms with E-state index < -0.39 is 6.04 Å². The molecule has 1 atom stereocenters. The number of hydrogen-bond acceptors (Lipinski definition) is 3. The molecule has 134 valence electrons. The molecule has 1 aromatic heterocycles. The zero-order valence-corrected chi connectivity index (χ0v) is 14.7. The van der Waals surface area contributed by atoms with Crippen molar-refractivity contribution in [3.8, 4) is 0 Å². The largest absolute Gasteiger partial charge is 0.354 e. The first-order valence-corrected chi connectivity index (χ1v) is 8.68. The van der Waals surface area contributed by atoms with Gasteiger partial charge >= 0.3 is 0 Å². The number of hydrogen-bond donors (Lipinski definition) is 2. The number of carbonyl (C=O) groups excluding carboxylic acids is 2. The van der Waals surface area contributed by atoms with Crippen LogP contribution in [-0.4, -0.2) is 34.0 Å². The van der Waals surface area contributed by atoms with Gasteiger partial charge in [-0.15, -0.1) is 0 Å². The van der Waals surface area contributed by atoms with Crippen LogP contribution in [0.2, 0.25) is 0 Å². The van der Waals surface area contributed by atoms with Gasteiger partial charge in [-0.1, -0.05) is 30.3 Å². The summed E-state index contributed by atoms with van der Waals surface area (Å²) in [5.41, 5.74) is 2.59. The van der Waals surface area contributed by atoms with Crippen molar-refractivity contribution in [1.82, 2.24) is 20.2 Å². The fraction of sp³-hybridized carbons (Fsp3) is 0.250. The standard InChI is InChI=1S/C20H22N4O2/c1-15(23-20(26)16-8-3-2-4-9-16)19(25)21-12-7-13-24-14-22-17-10-5-6-11-18(17)24/h2-6,8-11,14-15H,7,12-13H2,1H3,(H,21,25)(H,23,26)/t15-/m0/s1. The van der Waals surface area contributed by atoms with E-state index in [9.17, 15) is 9.59 Å². The summed E-state index contributed by atoms with van der Waals surface area (Å²) in [6, 6.07) is 16.2. The molecule has 26 heavy (non-hydrogen) atoms. The molecule has 0 saturated heterocycles. The summed E-state index contributed by atoms with van der Waals surface area (Å²) in [6.07, 6.45) is 2.60. The van der Waals surface area contributed by atoms with Crippen molar-refractivity contribution in [2.24, 2.45) is 0 Å². The van der Waals surface area contributed by atoms with Crippen LogP contribution in [0.5, 0.6) is 0 Å². The first-order chi connectivity index (χ1) is 12.6. The molecular weight excluding hydrogens is 328 g/mol. The average molecular weight is 350 g/mol. The van der Waals surface area contributed by atoms with Crippen molar-refractivity contribution < 1.29 is 9.59 Å². The number of imidazole rings is 1. The maximum Gasteiger partial charge on any atom is 0.251 e. The van der Waals surface area contributed by atoms with Gasteiger partial charge in [-0.2, -0.15) is 0 Å². The number of benzene rings is 2. The third kappa shape index (κ3) is 4.27. The Hall–Kier alpha value is -3.15. The Kier molecular flexibility index (Phi) is 5.63. The second-order valence-electron chi connectivity index (χ2n) is 6.13. The molecule has 0 fully saturated rings. The van der Waals surface area contributed by atoms with Crippen LogP contribution in [-0.2, 0) is 11.3 Å². The topological polar surface area (TPSA) is 76.0 Å². The van der Waals surface area contributed by atoms with E-state index in [0.717, 1.165) is 24.0 Å². The molecule has 1 heterocycles. The SMILES string of the molecule is C[C@H](NC(=O)c1ccccc1)C(=O)NCCCn1cnc2ccccc21. The molecular formula is C20H22N4O2. The highest BCUT2D eigenvalue weighted by Crippen LogP contribution is 2.11. The lowest BCUT2D eigenvalue weighted by Crippen LogP contribution is -2.45. The number of para-hydroxylation sites is 2. The zero-order valence-electron chi connectivity index (χ0n) is 14.7. The Morgan fingerprint density at radius 3 is 2.62 bits per heavy atom. The minimum Gasteiger partial charge on any atom is -0.354 e. The maximum absolute atomic E-state index is 12.1. The van der Waals surface area contributed by atoms with E-state index in [2.05, 4.69) is 20.2 Å². The van der Waals surface area contributed by atoms with Gasteiger partial charge in [0.15, 0.2) is 0 Å². The van der Waals surface area contributed by atoms with Gasteiger partial charge in [0.1, 0.15) is 6.04 Å². The second kappa shape index (κ2) is 8.29. The number of rotatable bonds is 7. The van der Waals surface area contributed by atoms with E-state index in [1.54, 1.807) is 31.2 Å². The van der Waals surface area contributed by atoms with E-state index in [1.807, 2.05) is 36.7 Å². The van der Waals surface area contributed by atoms with Gasteiger partial charge in [-0.25, -0.2) is 4.98 Å². The fourth-order valence-corrected chi connectivity index (χ4v) is 2.74. The van der Waals surface area contributed by atoms with E-state index in [4.69, 9.17) is 0 Å². The van der Waals surface area contributed by atoms with Gasteiger partial charge in [0.25, 0.3) is 5.91 Å². The highest BCUT2D eigenvalue weighted by atomic mass is 16.2. The highest BCUT2D eigenvalue weighted by molar-refractivity contribution is 5.97. The molecule has 6 nitrogen and oxygen atoms in total. The first kappa shape index (κ1) is 17.7. The van der Waals surface area contributed by atoms with Crippen LogP contribution in [0.25, 0.3) is 11.0 Å². The van der Waals surface area contributed by atoms with Crippen molar-refractivity contribution in [3.05, 3.63) is 66.5 Å². The van der Waals surface area contributed by atoms with Crippen LogP contribution in [0, 0.1) is 0 Å². The van der Waals surface area contributed by atoms with E-state index in [1.165, 1.54) is 0 Å². The number of nitrogens with one attached hydrogen (secondary N) is 2. The van der Waals surface area contributed by atoms with Crippen LogP contribution in [0.4, 0.5) is 0 Å². The number of aryl methyl sites for hydroxylation is 1. The zero-order chi connectivity index (χ0) is 18.4. The Balaban J connectivity index is 1.43. The minimum atomic E-state index is -0.586. The summed E-state index contributed by atoms with van der Waals surface area (Å²) in [4.78, 5) is 28.6. The molecule has 0 unspecified atom stereocenters. The Bertz CT molecular complexity index is 889. The molecule has 0 spiro atoms. The molecule has 0 bridgehead atoms. The lowest BCUT2D eigenvalue weighted by atomic mass is 10.2. The predicted octanol–water partition coefficient (Wildman–Crippen LogP) is 2.36. The lowest BCUT2D eigenvalue weighted by Gasteiger charge is -2.14. The molecule has 6 heteroatoms. The van der Waals surface area contributed by atoms with Crippen molar-refractivity contribution in [3.63, 3.8) is 0 Å². The molecule has 2 N–H and O–H groups in total. The Morgan fingerprint density at radius 2 is 1.81 bits per heavy atom. The van der Waals surface area contributed by atoms with Crippen LogP contribution < -0.4 is 10.6 Å². The van der Waals surface area contributed by atoms with Crippen LogP contribution >= 0.6 is 0 Å². The summed E-state index contributed by atoms with van der Waals surface area (Å²) in [5, 5.41) is 5.57. The normalized spacial score (nSPS) is 11.9. The number of aromatic nitrogens is 2. The molecule has 0 radical (unpaired) electrons. The Labute approximate surface area is 152 Å². The van der Waals surface area contributed by atoms with E-state index >= 15 is 0 Å². The number of carbonyl (C=O) groups is 2. The van der Waals surface area contributed by atoms with E-state index in [-0.39, 0.29) is 11.8 Å². The second-order valence-corrected chi connectivity index (χ2v) is 6.13. The molecule has 3 rings (SSSR count). The summed E-state index contributed by atoms with van der Waals surface area (Å²) < 4.78 is 2.07. The Morgan fingerprint density at radius 1 is 1.08 bits per heavy atom. The molecule has 2 aromatic carbocycles. The monoisotopic (exact) mass is 350 g/mol. The third-order valence-corrected chi connectivity index (χ3v) is 4.18. The van der Waals surface area contributed by atoms with Crippen molar-refractivity contribution in [2.75, 3.05) is 6.54 Å². The van der Waals surface area contributed by atoms with Gasteiger partial charge < -0.3 is 15.2 Å². The quantitative estimate of drug-likeness (QED) is 0.642. The fourth-order valence-electron chi connectivity index (χ4n) is 2.74. The van der Waals surface area contributed by atoms with Crippen LogP contribution in [0.15, 0.2) is 60.9 Å². The maximum atomic E-state index is 12.1. The average Bonchev–Trinajstić information content (AvgIpc) is 3.09. The third-order valence-electron chi connectivity index (χ3n) is 4.18. The highest BCUT2D eigenvalue weighted by Gasteiger charge is 2.15. The van der Waals surface area contributed by atoms with Crippen molar-refractivity contribution in [1.29, 1.82) is 0 Å². The summed E-state index contributed by atoms with van der Waals surface area (Å²) in [6.45, 7) is 2.99. The number of fused-ring (bicyclic) bond motifs is 1. The molecule has 0 aliphatic heterocycles. The molecule has 0 aliphatic carbocycles. The van der Waals surface area contributed by atoms with Gasteiger partial charge in [-0.05, 0) is 37.6 Å². The van der Waals surface area contributed by atoms with Gasteiger partial charge in [0.05, 0.1) is 17.4 Å². The first-order valence-electron chi connectivity index (χ1n) is 8.68. The summed E-state index contributed by atoms with van der Waals surface area (Å²) in [5.74, 6) is -0.442. The van der Waals surface area contributed by atoms with Crippen LogP contribution in [0.3, 0.4) is 0 Å². The number of amides is 2. The smallest absolute Gasteiger partial charge is 0.251 e. The molecule has 0 aliphatic rings. The molecule has 0 saturated carbocycles. The van der Waals surface area contributed by atoms with Crippen molar-refractivity contribution >= 4 is 22.8 Å². The van der Waals surface area contributed by atoms with Gasteiger partial charge in [0, 0.05) is 18.7 Å². The summed E-state index contributed by atoms with van der Waals surface area (Å²) >= 11 is 0. The lowest BCUT2D eigenvalue weighted by molar-refractivity contribution is -0.122. The van der Waals surface area contributed by atoms with Crippen LogP contribution in [0.1, 0.15) is 23.7 Å². The van der Waals surface area contributed by atoms with Gasteiger partial charge in [-0.3, -0.25) is 9.59 Å². The van der Waals surface area contributed by atoms with Crippen molar-refractivity contribution in [2.45, 2.75) is 25.9 Å². The summed E-state index contributed by atoms with van der Waals surface area (Å²) in [7, 11) is 0. The van der Waals surface area contributed by atoms with E-state index in [0.29, 0.717) is 12.1 Å². The molecule has 3 aromatic rings.